The summed E-state index contributed by atoms with van der Waals surface area (Å²) in [6, 6.07) is 52.0. The van der Waals surface area contributed by atoms with Crippen LogP contribution in [0.15, 0.2) is 158 Å². The van der Waals surface area contributed by atoms with Gasteiger partial charge in [-0.25, -0.2) is 4.98 Å². The summed E-state index contributed by atoms with van der Waals surface area (Å²) >= 11 is 0. The minimum Gasteiger partial charge on any atom is -0.507 e. The number of rotatable bonds is 7. The largest absolute Gasteiger partial charge is 0.507 e. The van der Waals surface area contributed by atoms with Crippen LogP contribution >= 0.6 is 0 Å². The van der Waals surface area contributed by atoms with Crippen molar-refractivity contribution < 1.29 is 9.22 Å². The van der Waals surface area contributed by atoms with E-state index >= 15 is 0 Å². The van der Waals surface area contributed by atoms with Gasteiger partial charge in [0.25, 0.3) is 0 Å². The van der Waals surface area contributed by atoms with Crippen molar-refractivity contribution in [1.29, 1.82) is 0 Å². The number of hydrogen-bond donors (Lipinski definition) is 1. The highest BCUT2D eigenvalue weighted by Crippen LogP contribution is 2.45. The maximum Gasteiger partial charge on any atom is 0.149 e. The summed E-state index contributed by atoms with van der Waals surface area (Å²) < 4.78 is 29.7. The Morgan fingerprint density at radius 1 is 0.507 bits per heavy atom. The number of pyridine rings is 1. The summed E-state index contributed by atoms with van der Waals surface area (Å²) in [7, 11) is 0. The van der Waals surface area contributed by atoms with Crippen LogP contribution < -0.4 is 0 Å². The van der Waals surface area contributed by atoms with E-state index in [0.717, 1.165) is 78.0 Å². The number of aromatic nitrogens is 3. The maximum atomic E-state index is 12.4. The average Bonchev–Trinajstić information content (AvgIpc) is 3.70. The first-order valence-corrected chi connectivity index (χ1v) is 23.4. The summed E-state index contributed by atoms with van der Waals surface area (Å²) in [4.78, 5) is 10.4. The highest BCUT2D eigenvalue weighted by atomic mass is 16.3. The van der Waals surface area contributed by atoms with E-state index in [1.54, 1.807) is 0 Å². The molecule has 9 rings (SSSR count). The van der Waals surface area contributed by atoms with Crippen LogP contribution in [0, 0.1) is 20.7 Å². The minimum atomic E-state index is -2.54. The van der Waals surface area contributed by atoms with Crippen molar-refractivity contribution in [1.82, 2.24) is 14.5 Å². The third-order valence-corrected chi connectivity index (χ3v) is 13.0. The van der Waals surface area contributed by atoms with Crippen LogP contribution in [-0.4, -0.2) is 19.6 Å². The molecular weight excluding hydrogens is 815 g/mol. The van der Waals surface area contributed by atoms with Crippen molar-refractivity contribution in [2.45, 2.75) is 99.3 Å². The molecule has 0 radical (unpaired) electrons. The monoisotopic (exact) mass is 881 g/mol. The fraction of sp³-hybridized carbons (Fsp3) is 0.238. The van der Waals surface area contributed by atoms with Gasteiger partial charge in [0, 0.05) is 27.0 Å². The van der Waals surface area contributed by atoms with Gasteiger partial charge in [-0.2, -0.15) is 0 Å². The van der Waals surface area contributed by atoms with Crippen molar-refractivity contribution in [3.8, 4) is 78.6 Å². The third kappa shape index (κ3) is 8.74. The summed E-state index contributed by atoms with van der Waals surface area (Å²) in [5, 5.41) is 12.4. The number of imidazole rings is 1. The number of nitrogens with zero attached hydrogens (tertiary/aromatic N) is 3. The van der Waals surface area contributed by atoms with Crippen LogP contribution in [-0.2, 0) is 16.2 Å². The fourth-order valence-corrected chi connectivity index (χ4v) is 9.39. The molecule has 0 atom stereocenters. The zero-order chi connectivity index (χ0) is 50.1. The van der Waals surface area contributed by atoms with E-state index in [9.17, 15) is 9.22 Å². The van der Waals surface area contributed by atoms with Crippen LogP contribution in [0.3, 0.4) is 0 Å². The van der Waals surface area contributed by atoms with Crippen molar-refractivity contribution in [3.05, 3.63) is 191 Å². The molecule has 67 heavy (non-hydrogen) atoms. The molecule has 0 aliphatic heterocycles. The quantitative estimate of drug-likeness (QED) is 0.173. The Morgan fingerprint density at radius 2 is 1.19 bits per heavy atom. The Balaban J connectivity index is 1.33. The molecule has 0 amide bonds. The van der Waals surface area contributed by atoms with Crippen LogP contribution in [0.2, 0.25) is 0 Å². The molecule has 336 valence electrons. The lowest BCUT2D eigenvalue weighted by Gasteiger charge is -2.26. The molecule has 0 fully saturated rings. The summed E-state index contributed by atoms with van der Waals surface area (Å²) in [5.74, 6) is 0.568. The lowest BCUT2D eigenvalue weighted by atomic mass is 9.78. The Kier molecular flexibility index (Phi) is 10.5. The molecule has 4 heteroatoms. The van der Waals surface area contributed by atoms with Gasteiger partial charge in [0.1, 0.15) is 11.6 Å². The standard InChI is InChI=1S/C63H63N3O/c1-39-24-26-42(27-25-39)44-30-31-64-54(38-44)47-35-46(36-48(37-47)61(4,5)6)50-21-17-23-56-58(50)65-60(51-32-40(2)33-53(59(51)67)63(10,11)12)66(56)55-29-28-45(34-41(55)3)57-49(43-18-14-13-15-19-43)20-16-22-52(57)62(7,8)9/h13-38,67H,1-12H3/i3D3. The Bertz CT molecular complexity index is 3430. The lowest BCUT2D eigenvalue weighted by molar-refractivity contribution is 0.448. The lowest BCUT2D eigenvalue weighted by Crippen LogP contribution is -2.13. The number of phenolic OH excluding ortho intramolecular Hbond substituents is 1. The van der Waals surface area contributed by atoms with E-state index in [0.29, 0.717) is 28.1 Å². The number of aromatic hydroxyl groups is 1. The highest BCUT2D eigenvalue weighted by molar-refractivity contribution is 5.97. The molecule has 0 saturated heterocycles. The molecule has 0 saturated carbocycles. The second kappa shape index (κ2) is 17.0. The van der Waals surface area contributed by atoms with Gasteiger partial charge >= 0.3 is 0 Å². The van der Waals surface area contributed by atoms with Gasteiger partial charge in [-0.05, 0) is 147 Å². The predicted octanol–water partition coefficient (Wildman–Crippen LogP) is 16.9. The Hall–Kier alpha value is -7.04. The van der Waals surface area contributed by atoms with E-state index in [4.69, 9.17) is 9.97 Å². The van der Waals surface area contributed by atoms with Gasteiger partial charge in [0.05, 0.1) is 28.0 Å². The first kappa shape index (κ1) is 41.4. The van der Waals surface area contributed by atoms with Crippen LogP contribution in [0.5, 0.6) is 5.75 Å². The van der Waals surface area contributed by atoms with Gasteiger partial charge < -0.3 is 5.11 Å². The zero-order valence-corrected chi connectivity index (χ0v) is 40.8. The molecule has 0 aliphatic carbocycles. The molecule has 1 N–H and O–H groups in total. The van der Waals surface area contributed by atoms with Gasteiger partial charge in [-0.15, -0.1) is 0 Å². The number of benzene rings is 7. The topological polar surface area (TPSA) is 50.9 Å². The summed E-state index contributed by atoms with van der Waals surface area (Å²) in [6.07, 6.45) is 1.88. The van der Waals surface area contributed by atoms with Crippen molar-refractivity contribution in [2.75, 3.05) is 0 Å². The van der Waals surface area contributed by atoms with Crippen LogP contribution in [0.4, 0.5) is 0 Å². The first-order valence-electron chi connectivity index (χ1n) is 24.9. The summed E-state index contributed by atoms with van der Waals surface area (Å²) in [6.45, 7) is 21.1. The molecule has 9 aromatic rings. The van der Waals surface area contributed by atoms with Gasteiger partial charge in [0.15, 0.2) is 0 Å². The third-order valence-electron chi connectivity index (χ3n) is 13.0. The maximum absolute atomic E-state index is 12.4. The number of hydrogen-bond acceptors (Lipinski definition) is 3. The average molecular weight is 881 g/mol. The van der Waals surface area contributed by atoms with Crippen LogP contribution in [0.25, 0.3) is 83.9 Å². The van der Waals surface area contributed by atoms with E-state index in [1.165, 1.54) is 5.56 Å². The number of fused-ring (bicyclic) bond motifs is 1. The molecule has 7 aromatic carbocycles. The number of aryl methyl sites for hydroxylation is 3. The number of para-hydroxylation sites is 1. The van der Waals surface area contributed by atoms with Gasteiger partial charge in [0.2, 0.25) is 0 Å². The predicted molar refractivity (Wildman–Crippen MR) is 283 cm³/mol. The summed E-state index contributed by atoms with van der Waals surface area (Å²) in [5.41, 5.74) is 16.7. The molecule has 0 aliphatic rings. The molecule has 2 heterocycles. The molecule has 0 spiro atoms. The smallest absolute Gasteiger partial charge is 0.149 e. The first-order chi connectivity index (χ1) is 33.0. The molecule has 4 nitrogen and oxygen atoms in total. The van der Waals surface area contributed by atoms with E-state index in [1.807, 2.05) is 72.3 Å². The van der Waals surface area contributed by atoms with Crippen molar-refractivity contribution in [2.24, 2.45) is 0 Å². The molecular formula is C63H63N3O. The van der Waals surface area contributed by atoms with Gasteiger partial charge in [-0.1, -0.05) is 171 Å². The van der Waals surface area contributed by atoms with E-state index < -0.39 is 12.3 Å². The normalized spacial score (nSPS) is 13.1. The second-order valence-corrected chi connectivity index (χ2v) is 21.3. The number of phenols is 1. The van der Waals surface area contributed by atoms with Crippen molar-refractivity contribution in [3.63, 3.8) is 0 Å². The zero-order valence-electron chi connectivity index (χ0n) is 43.8. The SMILES string of the molecule is [2H]C([2H])([2H])c1cc(-c2c(-c3ccccc3)cccc2C(C)(C)C)ccc1-n1c(-c2cc(C)cc(C(C)(C)C)c2O)nc2c(-c3cc(-c4cc(-c5ccc(C)cc5)ccn4)cc(C(C)(C)C)c3)cccc21. The Labute approximate surface area is 402 Å². The van der Waals surface area contributed by atoms with E-state index in [2.05, 4.69) is 166 Å². The highest BCUT2D eigenvalue weighted by Gasteiger charge is 2.28. The fourth-order valence-electron chi connectivity index (χ4n) is 9.39. The second-order valence-electron chi connectivity index (χ2n) is 21.3. The van der Waals surface area contributed by atoms with E-state index in [-0.39, 0.29) is 22.1 Å². The van der Waals surface area contributed by atoms with Crippen LogP contribution in [0.1, 0.15) is 99.8 Å². The van der Waals surface area contributed by atoms with Gasteiger partial charge in [-0.3, -0.25) is 9.55 Å². The molecule has 0 bridgehead atoms. The molecule has 2 aromatic heterocycles. The van der Waals surface area contributed by atoms with Crippen molar-refractivity contribution >= 4 is 11.0 Å². The minimum absolute atomic E-state index is 0.117. The molecule has 0 unspecified atom stereocenters. The Morgan fingerprint density at radius 3 is 1.90 bits per heavy atom.